The van der Waals surface area contributed by atoms with Gasteiger partial charge in [0.1, 0.15) is 0 Å². The van der Waals surface area contributed by atoms with Gasteiger partial charge >= 0.3 is 0 Å². The molecule has 0 saturated carbocycles. The van der Waals surface area contributed by atoms with Crippen molar-refractivity contribution < 1.29 is 4.74 Å². The number of nitrogens with one attached hydrogen (secondary N) is 1. The number of fused-ring (bicyclic) bond motifs is 1. The number of ether oxygens (including phenoxy) is 1. The molecule has 0 unspecified atom stereocenters. The predicted molar refractivity (Wildman–Crippen MR) is 66.4 cm³/mol. The fraction of sp³-hybridized carbons (Fsp3) is 0.667. The normalized spacial score (nSPS) is 14.2. The summed E-state index contributed by atoms with van der Waals surface area (Å²) in [4.78, 5) is 11.8. The molecule has 0 aliphatic carbocycles. The van der Waals surface area contributed by atoms with E-state index in [1.165, 1.54) is 4.68 Å². The maximum Gasteiger partial charge on any atom is 0.268 e. The topological polar surface area (TPSA) is 56.2 Å². The first kappa shape index (κ1) is 12.1. The van der Waals surface area contributed by atoms with Crippen LogP contribution in [0.25, 0.3) is 0 Å². The van der Waals surface area contributed by atoms with Crippen molar-refractivity contribution in [1.82, 2.24) is 9.78 Å². The highest BCUT2D eigenvalue weighted by Crippen LogP contribution is 2.16. The van der Waals surface area contributed by atoms with Crippen LogP contribution in [0, 0.1) is 0 Å². The van der Waals surface area contributed by atoms with Crippen molar-refractivity contribution in [3.05, 3.63) is 22.1 Å². The Morgan fingerprint density at radius 2 is 2.41 bits per heavy atom. The second-order valence-corrected chi connectivity index (χ2v) is 4.21. The molecule has 94 valence electrons. The molecule has 1 aliphatic heterocycles. The van der Waals surface area contributed by atoms with Crippen LogP contribution in [0.3, 0.4) is 0 Å². The minimum atomic E-state index is -0.0572. The third kappa shape index (κ3) is 3.06. The summed E-state index contributed by atoms with van der Waals surface area (Å²) < 4.78 is 6.87. The van der Waals surface area contributed by atoms with Crippen molar-refractivity contribution in [2.75, 3.05) is 25.1 Å². The van der Waals surface area contributed by atoms with Gasteiger partial charge in [0.05, 0.1) is 24.5 Å². The Kier molecular flexibility index (Phi) is 4.14. The summed E-state index contributed by atoms with van der Waals surface area (Å²) in [6.07, 6.45) is 3.01. The van der Waals surface area contributed by atoms with Crippen molar-refractivity contribution in [1.29, 1.82) is 0 Å². The largest absolute Gasteiger partial charge is 0.383 e. The Hall–Kier alpha value is -1.36. The summed E-state index contributed by atoms with van der Waals surface area (Å²) in [6.45, 7) is 4.81. The van der Waals surface area contributed by atoms with E-state index in [0.29, 0.717) is 13.2 Å². The SMILES string of the molecule is CCCOCCn1nc2c(cc1=O)NCCC2. The zero-order valence-electron chi connectivity index (χ0n) is 10.2. The van der Waals surface area contributed by atoms with Gasteiger partial charge in [-0.15, -0.1) is 0 Å². The van der Waals surface area contributed by atoms with E-state index in [-0.39, 0.29) is 5.56 Å². The molecule has 0 saturated heterocycles. The van der Waals surface area contributed by atoms with Crippen molar-refractivity contribution in [3.8, 4) is 0 Å². The van der Waals surface area contributed by atoms with Crippen LogP contribution >= 0.6 is 0 Å². The second-order valence-electron chi connectivity index (χ2n) is 4.21. The first-order valence-electron chi connectivity index (χ1n) is 6.24. The van der Waals surface area contributed by atoms with Gasteiger partial charge < -0.3 is 10.1 Å². The van der Waals surface area contributed by atoms with E-state index >= 15 is 0 Å². The zero-order chi connectivity index (χ0) is 12.1. The molecule has 0 bridgehead atoms. The molecule has 0 atom stereocenters. The van der Waals surface area contributed by atoms with Gasteiger partial charge in [0.25, 0.3) is 5.56 Å². The number of hydrogen-bond donors (Lipinski definition) is 1. The number of anilines is 1. The summed E-state index contributed by atoms with van der Waals surface area (Å²) in [6, 6.07) is 1.64. The molecule has 1 N–H and O–H groups in total. The Labute approximate surface area is 101 Å². The lowest BCUT2D eigenvalue weighted by atomic mass is 10.1. The van der Waals surface area contributed by atoms with Gasteiger partial charge in [-0.3, -0.25) is 4.79 Å². The summed E-state index contributed by atoms with van der Waals surface area (Å²) in [5.41, 5.74) is 1.83. The van der Waals surface area contributed by atoms with Crippen molar-refractivity contribution >= 4 is 5.69 Å². The fourth-order valence-corrected chi connectivity index (χ4v) is 1.90. The Balaban J connectivity index is 2.04. The quantitative estimate of drug-likeness (QED) is 0.777. The standard InChI is InChI=1S/C12H19N3O2/c1-2-7-17-8-6-15-12(16)9-11-10(14-15)4-3-5-13-11/h9,13H,2-8H2,1H3. The average Bonchev–Trinajstić information content (AvgIpc) is 2.35. The number of hydrogen-bond acceptors (Lipinski definition) is 4. The van der Waals surface area contributed by atoms with Crippen LogP contribution in [0.1, 0.15) is 25.5 Å². The van der Waals surface area contributed by atoms with Crippen LogP contribution in [-0.4, -0.2) is 29.5 Å². The maximum absolute atomic E-state index is 11.8. The van der Waals surface area contributed by atoms with Gasteiger partial charge in [0.2, 0.25) is 0 Å². The van der Waals surface area contributed by atoms with Gasteiger partial charge in [-0.25, -0.2) is 4.68 Å². The first-order chi connectivity index (χ1) is 8.31. The third-order valence-electron chi connectivity index (χ3n) is 2.78. The molecule has 5 heteroatoms. The van der Waals surface area contributed by atoms with E-state index in [4.69, 9.17) is 4.74 Å². The molecular weight excluding hydrogens is 218 g/mol. The zero-order valence-corrected chi connectivity index (χ0v) is 10.2. The maximum atomic E-state index is 11.8. The van der Waals surface area contributed by atoms with Crippen LogP contribution in [0.15, 0.2) is 10.9 Å². The van der Waals surface area contributed by atoms with Gasteiger partial charge in [-0.2, -0.15) is 5.10 Å². The molecular formula is C12H19N3O2. The van der Waals surface area contributed by atoms with Crippen LogP contribution in [0.2, 0.25) is 0 Å². The van der Waals surface area contributed by atoms with Crippen LogP contribution in [0.4, 0.5) is 5.69 Å². The van der Waals surface area contributed by atoms with Gasteiger partial charge in [0, 0.05) is 19.2 Å². The highest BCUT2D eigenvalue weighted by molar-refractivity contribution is 5.48. The number of aryl methyl sites for hydroxylation is 1. The van der Waals surface area contributed by atoms with Gasteiger partial charge in [-0.05, 0) is 19.3 Å². The van der Waals surface area contributed by atoms with Gasteiger partial charge in [-0.1, -0.05) is 6.92 Å². The summed E-state index contributed by atoms with van der Waals surface area (Å²) in [7, 11) is 0. The molecule has 1 aromatic rings. The van der Waals surface area contributed by atoms with Crippen molar-refractivity contribution in [2.24, 2.45) is 0 Å². The average molecular weight is 237 g/mol. The molecule has 5 nitrogen and oxygen atoms in total. The summed E-state index contributed by atoms with van der Waals surface area (Å²) >= 11 is 0. The first-order valence-corrected chi connectivity index (χ1v) is 6.24. The summed E-state index contributed by atoms with van der Waals surface area (Å²) in [5.74, 6) is 0. The summed E-state index contributed by atoms with van der Waals surface area (Å²) in [5, 5.41) is 7.57. The van der Waals surface area contributed by atoms with Crippen LogP contribution < -0.4 is 10.9 Å². The highest BCUT2D eigenvalue weighted by Gasteiger charge is 2.12. The molecule has 2 heterocycles. The molecule has 17 heavy (non-hydrogen) atoms. The number of nitrogens with zero attached hydrogens (tertiary/aromatic N) is 2. The van der Waals surface area contributed by atoms with E-state index in [0.717, 1.165) is 43.8 Å². The minimum Gasteiger partial charge on any atom is -0.383 e. The molecule has 0 amide bonds. The Bertz CT molecular complexity index is 428. The predicted octanol–water partition coefficient (Wildman–Crippen LogP) is 1.03. The second kappa shape index (κ2) is 5.82. The fourth-order valence-electron chi connectivity index (χ4n) is 1.90. The van der Waals surface area contributed by atoms with E-state index < -0.39 is 0 Å². The van der Waals surface area contributed by atoms with Crippen LogP contribution in [-0.2, 0) is 17.7 Å². The van der Waals surface area contributed by atoms with E-state index in [2.05, 4.69) is 17.3 Å². The molecule has 0 fully saturated rings. The van der Waals surface area contributed by atoms with E-state index in [9.17, 15) is 4.79 Å². The lowest BCUT2D eigenvalue weighted by Gasteiger charge is -2.17. The smallest absolute Gasteiger partial charge is 0.268 e. The molecule has 0 radical (unpaired) electrons. The third-order valence-corrected chi connectivity index (χ3v) is 2.78. The monoisotopic (exact) mass is 237 g/mol. The van der Waals surface area contributed by atoms with Crippen molar-refractivity contribution in [2.45, 2.75) is 32.7 Å². The van der Waals surface area contributed by atoms with Gasteiger partial charge in [0.15, 0.2) is 0 Å². The van der Waals surface area contributed by atoms with E-state index in [1.54, 1.807) is 6.07 Å². The Morgan fingerprint density at radius 1 is 1.53 bits per heavy atom. The molecule has 1 aliphatic rings. The molecule has 0 spiro atoms. The minimum absolute atomic E-state index is 0.0572. The van der Waals surface area contributed by atoms with Crippen LogP contribution in [0.5, 0.6) is 0 Å². The molecule has 0 aromatic carbocycles. The van der Waals surface area contributed by atoms with E-state index in [1.807, 2.05) is 0 Å². The Morgan fingerprint density at radius 3 is 3.24 bits per heavy atom. The van der Waals surface area contributed by atoms with Crippen molar-refractivity contribution in [3.63, 3.8) is 0 Å². The number of rotatable bonds is 5. The lowest BCUT2D eigenvalue weighted by Crippen LogP contribution is -2.28. The molecule has 2 rings (SSSR count). The number of aromatic nitrogens is 2. The lowest BCUT2D eigenvalue weighted by molar-refractivity contribution is 0.123. The highest BCUT2D eigenvalue weighted by atomic mass is 16.5. The molecule has 1 aromatic heterocycles.